The SMILES string of the molecule is N#C/C(=C/N1CCN(C(=O)c2ccco2)CC1)C(=O)NCCN1CCNCC1. The third-order valence-corrected chi connectivity index (χ3v) is 4.93. The van der Waals surface area contributed by atoms with Gasteiger partial charge in [0, 0.05) is 71.6 Å². The highest BCUT2D eigenvalue weighted by molar-refractivity contribution is 5.97. The molecular weight excluding hydrogens is 360 g/mol. The molecule has 1 aromatic rings. The molecule has 0 atom stereocenters. The van der Waals surface area contributed by atoms with Crippen LogP contribution in [0.3, 0.4) is 0 Å². The van der Waals surface area contributed by atoms with Gasteiger partial charge in [-0.25, -0.2) is 0 Å². The van der Waals surface area contributed by atoms with Gasteiger partial charge in [0.15, 0.2) is 5.76 Å². The summed E-state index contributed by atoms with van der Waals surface area (Å²) in [5, 5.41) is 15.4. The highest BCUT2D eigenvalue weighted by Gasteiger charge is 2.23. The van der Waals surface area contributed by atoms with Crippen molar-refractivity contribution in [3.63, 3.8) is 0 Å². The van der Waals surface area contributed by atoms with E-state index in [4.69, 9.17) is 4.42 Å². The highest BCUT2D eigenvalue weighted by atomic mass is 16.3. The van der Waals surface area contributed by atoms with Crippen molar-refractivity contribution in [1.82, 2.24) is 25.3 Å². The monoisotopic (exact) mass is 386 g/mol. The van der Waals surface area contributed by atoms with E-state index in [-0.39, 0.29) is 17.4 Å². The Kier molecular flexibility index (Phi) is 7.06. The fourth-order valence-corrected chi connectivity index (χ4v) is 3.29. The molecule has 0 spiro atoms. The quantitative estimate of drug-likeness (QED) is 0.500. The van der Waals surface area contributed by atoms with E-state index in [9.17, 15) is 14.9 Å². The number of piperazine rings is 2. The lowest BCUT2D eigenvalue weighted by molar-refractivity contribution is -0.117. The van der Waals surface area contributed by atoms with Crippen molar-refractivity contribution in [3.05, 3.63) is 35.9 Å². The van der Waals surface area contributed by atoms with Crippen molar-refractivity contribution in [2.75, 3.05) is 65.4 Å². The van der Waals surface area contributed by atoms with Gasteiger partial charge in [-0.05, 0) is 12.1 Å². The summed E-state index contributed by atoms with van der Waals surface area (Å²) >= 11 is 0. The van der Waals surface area contributed by atoms with Gasteiger partial charge < -0.3 is 24.9 Å². The Hall–Kier alpha value is -2.83. The zero-order valence-corrected chi connectivity index (χ0v) is 15.9. The van der Waals surface area contributed by atoms with Crippen molar-refractivity contribution in [2.45, 2.75) is 0 Å². The molecule has 150 valence electrons. The smallest absolute Gasteiger partial charge is 0.289 e. The van der Waals surface area contributed by atoms with Crippen LogP contribution in [0.4, 0.5) is 0 Å². The van der Waals surface area contributed by atoms with Crippen LogP contribution in [0.2, 0.25) is 0 Å². The second-order valence-corrected chi connectivity index (χ2v) is 6.81. The van der Waals surface area contributed by atoms with Gasteiger partial charge in [0.1, 0.15) is 11.6 Å². The summed E-state index contributed by atoms with van der Waals surface area (Å²) in [6.45, 7) is 7.31. The second kappa shape index (κ2) is 9.92. The molecule has 28 heavy (non-hydrogen) atoms. The van der Waals surface area contributed by atoms with Gasteiger partial charge in [-0.3, -0.25) is 14.5 Å². The van der Waals surface area contributed by atoms with Crippen molar-refractivity contribution in [1.29, 1.82) is 5.26 Å². The molecule has 2 amide bonds. The van der Waals surface area contributed by atoms with Crippen molar-refractivity contribution >= 4 is 11.8 Å². The number of hydrogen-bond donors (Lipinski definition) is 2. The summed E-state index contributed by atoms with van der Waals surface area (Å²) in [4.78, 5) is 30.5. The van der Waals surface area contributed by atoms with Gasteiger partial charge in [0.05, 0.1) is 6.26 Å². The van der Waals surface area contributed by atoms with Crippen LogP contribution in [-0.4, -0.2) is 92.0 Å². The molecule has 0 radical (unpaired) electrons. The molecular formula is C19H26N6O3. The number of furan rings is 1. The molecule has 9 nitrogen and oxygen atoms in total. The standard InChI is InChI=1S/C19H26N6O3/c20-14-16(18(26)22-5-8-23-6-3-21-4-7-23)15-24-9-11-25(12-10-24)19(27)17-2-1-13-28-17/h1-2,13,15,21H,3-12H2,(H,22,26)/b16-15-. The lowest BCUT2D eigenvalue weighted by Gasteiger charge is -2.33. The van der Waals surface area contributed by atoms with Gasteiger partial charge in [0.2, 0.25) is 0 Å². The van der Waals surface area contributed by atoms with E-state index in [0.717, 1.165) is 32.7 Å². The lowest BCUT2D eigenvalue weighted by Crippen LogP contribution is -2.47. The van der Waals surface area contributed by atoms with Crippen LogP contribution in [0.25, 0.3) is 0 Å². The molecule has 3 rings (SSSR count). The number of nitrogens with zero attached hydrogens (tertiary/aromatic N) is 4. The number of rotatable bonds is 6. The van der Waals surface area contributed by atoms with E-state index < -0.39 is 0 Å². The van der Waals surface area contributed by atoms with Crippen LogP contribution in [0.5, 0.6) is 0 Å². The molecule has 0 aromatic carbocycles. The summed E-state index contributed by atoms with van der Waals surface area (Å²) in [6, 6.07) is 5.31. The molecule has 3 heterocycles. The maximum absolute atomic E-state index is 12.3. The molecule has 0 aliphatic carbocycles. The Balaban J connectivity index is 1.44. The lowest BCUT2D eigenvalue weighted by atomic mass is 10.2. The second-order valence-electron chi connectivity index (χ2n) is 6.81. The Morgan fingerprint density at radius 2 is 1.96 bits per heavy atom. The first-order chi connectivity index (χ1) is 13.7. The number of nitriles is 1. The highest BCUT2D eigenvalue weighted by Crippen LogP contribution is 2.10. The molecule has 2 aliphatic rings. The molecule has 0 bridgehead atoms. The van der Waals surface area contributed by atoms with Crippen molar-refractivity contribution < 1.29 is 14.0 Å². The minimum atomic E-state index is -0.355. The first-order valence-electron chi connectivity index (χ1n) is 9.57. The van der Waals surface area contributed by atoms with Gasteiger partial charge in [-0.15, -0.1) is 0 Å². The minimum Gasteiger partial charge on any atom is -0.459 e. The predicted octanol–water partition coefficient (Wildman–Crippen LogP) is -0.534. The molecule has 9 heteroatoms. The summed E-state index contributed by atoms with van der Waals surface area (Å²) < 4.78 is 5.15. The normalized spacial score (nSPS) is 18.6. The molecule has 2 fully saturated rings. The molecule has 0 unspecified atom stereocenters. The summed E-state index contributed by atoms with van der Waals surface area (Å²) in [5.41, 5.74) is 0.0890. The van der Waals surface area contributed by atoms with Crippen LogP contribution in [0.1, 0.15) is 10.6 Å². The number of carbonyl (C=O) groups excluding carboxylic acids is 2. The van der Waals surface area contributed by atoms with Gasteiger partial charge in [-0.1, -0.05) is 0 Å². The maximum Gasteiger partial charge on any atom is 0.289 e. The van der Waals surface area contributed by atoms with Crippen molar-refractivity contribution in [3.8, 4) is 6.07 Å². The number of carbonyl (C=O) groups is 2. The zero-order valence-electron chi connectivity index (χ0n) is 15.9. The summed E-state index contributed by atoms with van der Waals surface area (Å²) in [5.74, 6) is -0.169. The Labute approximate surface area is 164 Å². The largest absolute Gasteiger partial charge is 0.459 e. The van der Waals surface area contributed by atoms with Crippen molar-refractivity contribution in [2.24, 2.45) is 0 Å². The van der Waals surface area contributed by atoms with E-state index >= 15 is 0 Å². The van der Waals surface area contributed by atoms with Gasteiger partial charge in [0.25, 0.3) is 11.8 Å². The Bertz CT molecular complexity index is 725. The zero-order chi connectivity index (χ0) is 19.8. The number of amides is 2. The molecule has 1 aromatic heterocycles. The Morgan fingerprint density at radius 3 is 2.61 bits per heavy atom. The first kappa shape index (κ1) is 19.9. The van der Waals surface area contributed by atoms with Crippen LogP contribution in [-0.2, 0) is 4.79 Å². The Morgan fingerprint density at radius 1 is 1.21 bits per heavy atom. The summed E-state index contributed by atoms with van der Waals surface area (Å²) in [7, 11) is 0. The van der Waals surface area contributed by atoms with Crippen LogP contribution in [0, 0.1) is 11.3 Å². The van der Waals surface area contributed by atoms with Crippen LogP contribution < -0.4 is 10.6 Å². The molecule has 0 saturated carbocycles. The fourth-order valence-electron chi connectivity index (χ4n) is 3.29. The van der Waals surface area contributed by atoms with E-state index in [0.29, 0.717) is 38.5 Å². The van der Waals surface area contributed by atoms with E-state index in [1.165, 1.54) is 6.26 Å². The number of hydrogen-bond acceptors (Lipinski definition) is 7. The summed E-state index contributed by atoms with van der Waals surface area (Å²) in [6.07, 6.45) is 3.07. The number of nitrogens with one attached hydrogen (secondary N) is 2. The van der Waals surface area contributed by atoms with E-state index in [1.54, 1.807) is 23.2 Å². The van der Waals surface area contributed by atoms with Gasteiger partial charge in [-0.2, -0.15) is 5.26 Å². The first-order valence-corrected chi connectivity index (χ1v) is 9.57. The maximum atomic E-state index is 12.3. The average molecular weight is 386 g/mol. The minimum absolute atomic E-state index is 0.0890. The molecule has 2 saturated heterocycles. The van der Waals surface area contributed by atoms with Crippen LogP contribution >= 0.6 is 0 Å². The van der Waals surface area contributed by atoms with Gasteiger partial charge >= 0.3 is 0 Å². The third-order valence-electron chi connectivity index (χ3n) is 4.93. The topological polar surface area (TPSA) is 105 Å². The van der Waals surface area contributed by atoms with E-state index in [1.807, 2.05) is 11.0 Å². The fraction of sp³-hybridized carbons (Fsp3) is 0.526. The molecule has 2 N–H and O–H groups in total. The van der Waals surface area contributed by atoms with E-state index in [2.05, 4.69) is 15.5 Å². The predicted molar refractivity (Wildman–Crippen MR) is 102 cm³/mol. The third kappa shape index (κ3) is 5.34. The molecule has 2 aliphatic heterocycles. The average Bonchev–Trinajstić information content (AvgIpc) is 3.27. The van der Waals surface area contributed by atoms with Crippen LogP contribution in [0.15, 0.2) is 34.6 Å².